The summed E-state index contributed by atoms with van der Waals surface area (Å²) in [5.74, 6) is 1.54. The molecule has 3 rings (SSSR count). The second-order valence-electron chi connectivity index (χ2n) is 11.4. The van der Waals surface area contributed by atoms with Crippen molar-refractivity contribution in [3.63, 3.8) is 0 Å². The Kier molecular flexibility index (Phi) is 16.6. The van der Waals surface area contributed by atoms with Crippen LogP contribution < -0.4 is 5.32 Å². The normalized spacial score (nSPS) is 18.1. The van der Waals surface area contributed by atoms with Crippen molar-refractivity contribution in [2.75, 3.05) is 11.1 Å². The summed E-state index contributed by atoms with van der Waals surface area (Å²) in [6, 6.07) is 0. The Labute approximate surface area is 227 Å². The van der Waals surface area contributed by atoms with Crippen molar-refractivity contribution in [1.29, 1.82) is 0 Å². The monoisotopic (exact) mass is 542 g/mol. The smallest absolute Gasteiger partial charge is 0.313 e. The Balaban J connectivity index is 0.000000407. The van der Waals surface area contributed by atoms with E-state index in [-0.39, 0.29) is 11.7 Å². The van der Waals surface area contributed by atoms with Crippen LogP contribution in [0.15, 0.2) is 10.4 Å². The molecule has 0 bridgehead atoms. The largest absolute Gasteiger partial charge is 0.481 e. The van der Waals surface area contributed by atoms with Crippen molar-refractivity contribution in [2.24, 2.45) is 17.8 Å². The van der Waals surface area contributed by atoms with E-state index < -0.39 is 11.6 Å². The highest BCUT2D eigenvalue weighted by Crippen LogP contribution is 2.32. The first-order chi connectivity index (χ1) is 16.9. The third-order valence-corrected chi connectivity index (χ3v) is 8.59. The summed E-state index contributed by atoms with van der Waals surface area (Å²) in [7, 11) is 0. The van der Waals surface area contributed by atoms with E-state index in [0.717, 1.165) is 22.5 Å². The van der Waals surface area contributed by atoms with Crippen LogP contribution in [0.25, 0.3) is 0 Å². The van der Waals surface area contributed by atoms with Crippen LogP contribution in [0.2, 0.25) is 0 Å². The molecule has 1 heterocycles. The quantitative estimate of drug-likeness (QED) is 0.227. The van der Waals surface area contributed by atoms with E-state index in [2.05, 4.69) is 24.1 Å². The average molecular weight is 543 g/mol. The number of carboxylic acids is 1. The number of anilines is 1. The SMILES string of the molecule is CC(C)(C)O.CC(CCC(=O)Nc1ncc(SCC(=O)O)s1)C1CCCCC1.CC1CCCCCC1. The third kappa shape index (κ3) is 18.2. The summed E-state index contributed by atoms with van der Waals surface area (Å²) in [6.07, 6.45) is 18.6. The number of nitrogens with zero attached hydrogens (tertiary/aromatic N) is 1. The number of aliphatic hydroxyl groups is 1. The predicted molar refractivity (Wildman–Crippen MR) is 153 cm³/mol. The van der Waals surface area contributed by atoms with Gasteiger partial charge in [-0.05, 0) is 44.9 Å². The van der Waals surface area contributed by atoms with Gasteiger partial charge in [0.1, 0.15) is 0 Å². The van der Waals surface area contributed by atoms with Crippen LogP contribution >= 0.6 is 23.1 Å². The van der Waals surface area contributed by atoms with E-state index in [1.807, 2.05) is 0 Å². The van der Waals surface area contributed by atoms with E-state index in [4.69, 9.17) is 10.2 Å². The molecule has 2 saturated carbocycles. The summed E-state index contributed by atoms with van der Waals surface area (Å²) in [5.41, 5.74) is -0.500. The number of carbonyl (C=O) groups is 2. The fourth-order valence-electron chi connectivity index (χ4n) is 4.48. The Morgan fingerprint density at radius 2 is 1.61 bits per heavy atom. The number of carbonyl (C=O) groups excluding carboxylic acids is 1. The maximum absolute atomic E-state index is 12.0. The molecule has 8 heteroatoms. The molecule has 6 nitrogen and oxygen atoms in total. The van der Waals surface area contributed by atoms with Gasteiger partial charge in [-0.2, -0.15) is 0 Å². The standard InChI is InChI=1S/C16H24N2O3S2.C8H16.C4H10O/c1-11(12-5-3-2-4-6-12)7-8-13(19)18-16-17-9-15(23-16)22-10-14(20)21;1-8-6-4-2-3-5-7-8;1-4(2,3)5/h9,11-12H,2-8,10H2,1H3,(H,20,21)(H,17,18,19);8H,2-7H2,1H3;5H,1-3H3. The first-order valence-electron chi connectivity index (χ1n) is 13.8. The van der Waals surface area contributed by atoms with Crippen LogP contribution in [0.4, 0.5) is 5.13 Å². The fourth-order valence-corrected chi connectivity index (χ4v) is 6.09. The molecule has 3 N–H and O–H groups in total. The lowest BCUT2D eigenvalue weighted by Crippen LogP contribution is -2.18. The summed E-state index contributed by atoms with van der Waals surface area (Å²) in [5, 5.41) is 20.5. The predicted octanol–water partition coefficient (Wildman–Crippen LogP) is 8.01. The van der Waals surface area contributed by atoms with E-state index in [0.29, 0.717) is 17.5 Å². The number of aliphatic carboxylic acids is 1. The van der Waals surface area contributed by atoms with Crippen LogP contribution in [-0.2, 0) is 9.59 Å². The van der Waals surface area contributed by atoms with E-state index in [1.165, 1.54) is 93.7 Å². The van der Waals surface area contributed by atoms with Gasteiger partial charge in [0.05, 0.1) is 21.8 Å². The molecule has 2 aliphatic carbocycles. The Morgan fingerprint density at radius 3 is 2.17 bits per heavy atom. The van der Waals surface area contributed by atoms with E-state index >= 15 is 0 Å². The molecule has 0 radical (unpaired) electrons. The Hall–Kier alpha value is -1.12. The maximum atomic E-state index is 12.0. The van der Waals surface area contributed by atoms with Crippen molar-refractivity contribution < 1.29 is 19.8 Å². The number of amides is 1. The molecule has 0 aromatic carbocycles. The molecule has 1 unspecified atom stereocenters. The molecule has 1 amide bonds. The highest BCUT2D eigenvalue weighted by molar-refractivity contribution is 8.01. The van der Waals surface area contributed by atoms with Crippen molar-refractivity contribution >= 4 is 40.1 Å². The summed E-state index contributed by atoms with van der Waals surface area (Å²) < 4.78 is 0.804. The van der Waals surface area contributed by atoms with E-state index in [1.54, 1.807) is 27.0 Å². The topological polar surface area (TPSA) is 99.5 Å². The van der Waals surface area contributed by atoms with Gasteiger partial charge >= 0.3 is 5.97 Å². The van der Waals surface area contributed by atoms with E-state index in [9.17, 15) is 9.59 Å². The first-order valence-corrected chi connectivity index (χ1v) is 15.6. The minimum absolute atomic E-state index is 0.00297. The highest BCUT2D eigenvalue weighted by Gasteiger charge is 2.20. The highest BCUT2D eigenvalue weighted by atomic mass is 32.2. The molecule has 2 aliphatic rings. The van der Waals surface area contributed by atoms with Gasteiger partial charge in [0, 0.05) is 6.42 Å². The second-order valence-corrected chi connectivity index (χ2v) is 13.7. The molecule has 1 aromatic heterocycles. The van der Waals surface area contributed by atoms with Crippen LogP contribution in [0.5, 0.6) is 0 Å². The maximum Gasteiger partial charge on any atom is 0.313 e. The zero-order valence-corrected chi connectivity index (χ0v) is 24.8. The summed E-state index contributed by atoms with van der Waals surface area (Å²) in [6.45, 7) is 9.87. The fraction of sp³-hybridized carbons (Fsp3) is 0.821. The molecule has 0 saturated heterocycles. The van der Waals surface area contributed by atoms with Crippen LogP contribution in [0.3, 0.4) is 0 Å². The van der Waals surface area contributed by atoms with Gasteiger partial charge in [-0.25, -0.2) is 4.98 Å². The molecule has 0 spiro atoms. The molecular formula is C28H50N2O4S2. The minimum Gasteiger partial charge on any atom is -0.481 e. The lowest BCUT2D eigenvalue weighted by molar-refractivity contribution is -0.133. The Morgan fingerprint density at radius 1 is 1.08 bits per heavy atom. The van der Waals surface area contributed by atoms with Crippen LogP contribution in [0.1, 0.15) is 118 Å². The first kappa shape index (κ1) is 32.9. The van der Waals surface area contributed by atoms with Gasteiger partial charge in [0.15, 0.2) is 5.13 Å². The number of carboxylic acid groups (broad SMARTS) is 1. The van der Waals surface area contributed by atoms with Gasteiger partial charge in [-0.3, -0.25) is 9.59 Å². The van der Waals surface area contributed by atoms with Crippen molar-refractivity contribution in [1.82, 2.24) is 4.98 Å². The minimum atomic E-state index is -0.856. The molecular weight excluding hydrogens is 492 g/mol. The summed E-state index contributed by atoms with van der Waals surface area (Å²) in [4.78, 5) is 26.7. The zero-order chi connectivity index (χ0) is 27.0. The van der Waals surface area contributed by atoms with Crippen LogP contribution in [0, 0.1) is 17.8 Å². The van der Waals surface area contributed by atoms with Gasteiger partial charge in [-0.1, -0.05) is 95.8 Å². The Bertz CT molecular complexity index is 728. The van der Waals surface area contributed by atoms with Gasteiger partial charge < -0.3 is 15.5 Å². The van der Waals surface area contributed by atoms with Gasteiger partial charge in [0.2, 0.25) is 5.91 Å². The number of thiazole rings is 1. The van der Waals surface area contributed by atoms with Gasteiger partial charge in [-0.15, -0.1) is 11.8 Å². The molecule has 208 valence electrons. The number of hydrogen-bond donors (Lipinski definition) is 3. The van der Waals surface area contributed by atoms with Crippen LogP contribution in [-0.4, -0.2) is 38.4 Å². The van der Waals surface area contributed by atoms with Crippen molar-refractivity contribution in [2.45, 2.75) is 128 Å². The molecule has 0 aliphatic heterocycles. The number of rotatable bonds is 8. The molecule has 1 atom stereocenters. The van der Waals surface area contributed by atoms with Crippen molar-refractivity contribution in [3.8, 4) is 0 Å². The zero-order valence-electron chi connectivity index (χ0n) is 23.2. The number of hydrogen-bond acceptors (Lipinski definition) is 6. The number of nitrogens with one attached hydrogen (secondary N) is 1. The molecule has 2 fully saturated rings. The number of thioether (sulfide) groups is 1. The lowest BCUT2D eigenvalue weighted by Gasteiger charge is -2.27. The van der Waals surface area contributed by atoms with Crippen molar-refractivity contribution in [3.05, 3.63) is 6.20 Å². The average Bonchev–Trinajstić information content (AvgIpc) is 3.11. The molecule has 1 aromatic rings. The van der Waals surface area contributed by atoms with Gasteiger partial charge in [0.25, 0.3) is 0 Å². The third-order valence-electron chi connectivity index (χ3n) is 6.49. The summed E-state index contributed by atoms with van der Waals surface area (Å²) >= 11 is 2.54. The second kappa shape index (κ2) is 18.2. The number of aromatic nitrogens is 1. The lowest BCUT2D eigenvalue weighted by atomic mass is 9.79. The molecule has 36 heavy (non-hydrogen) atoms.